The first-order valence-corrected chi connectivity index (χ1v) is 28.8. The molecule has 1 aromatic heterocycles. The number of alkyl carbamates (subject to hydrolysis) is 3. The van der Waals surface area contributed by atoms with Gasteiger partial charge in [0, 0.05) is 37.9 Å². The second kappa shape index (κ2) is 25.3. The predicted octanol–water partition coefficient (Wildman–Crippen LogP) is 9.63. The molecule has 432 valence electrons. The summed E-state index contributed by atoms with van der Waals surface area (Å²) in [7, 11) is -4.66. The maximum atomic E-state index is 14.9. The van der Waals surface area contributed by atoms with Crippen molar-refractivity contribution < 1.29 is 56.1 Å². The van der Waals surface area contributed by atoms with Gasteiger partial charge in [-0.3, -0.25) is 14.6 Å². The van der Waals surface area contributed by atoms with Crippen LogP contribution >= 0.6 is 0 Å². The summed E-state index contributed by atoms with van der Waals surface area (Å²) in [5.41, 5.74) is 4.69. The third-order valence-electron chi connectivity index (χ3n) is 14.7. The van der Waals surface area contributed by atoms with Crippen molar-refractivity contribution in [3.8, 4) is 22.3 Å². The number of pyridine rings is 1. The molecule has 2 unspecified atom stereocenters. The average molecular weight is 1150 g/mol. The van der Waals surface area contributed by atoms with E-state index in [0.717, 1.165) is 38.3 Å². The number of fused-ring (bicyclic) bond motifs is 1. The van der Waals surface area contributed by atoms with Gasteiger partial charge in [0.15, 0.2) is 27.4 Å². The molecular formula is C65H64N6O12S. The molecule has 2 saturated heterocycles. The number of hydrogen-bond donors (Lipinski definition) is 4. The lowest BCUT2D eigenvalue weighted by atomic mass is 9.93. The molecule has 7 aromatic rings. The molecule has 84 heavy (non-hydrogen) atoms. The van der Waals surface area contributed by atoms with Crippen LogP contribution in [0.3, 0.4) is 0 Å². The molecule has 2 aliphatic rings. The quantitative estimate of drug-likeness (QED) is 0.0183. The van der Waals surface area contributed by atoms with Crippen LogP contribution in [0, 0.1) is 0 Å². The molecule has 18 nitrogen and oxygen atoms in total. The number of ether oxygens (including phenoxy) is 4. The van der Waals surface area contributed by atoms with Crippen molar-refractivity contribution >= 4 is 52.0 Å². The largest absolute Gasteiger partial charge is 0.451 e. The van der Waals surface area contributed by atoms with Crippen molar-refractivity contribution in [2.24, 2.45) is 0 Å². The summed E-state index contributed by atoms with van der Waals surface area (Å²) >= 11 is 0. The van der Waals surface area contributed by atoms with Crippen LogP contribution in [0.15, 0.2) is 194 Å². The van der Waals surface area contributed by atoms with Gasteiger partial charge in [-0.25, -0.2) is 27.6 Å². The Hall–Kier alpha value is -9.62. The highest BCUT2D eigenvalue weighted by atomic mass is 32.2. The fourth-order valence-corrected chi connectivity index (χ4v) is 12.3. The van der Waals surface area contributed by atoms with Crippen molar-refractivity contribution in [2.45, 2.75) is 68.1 Å². The third kappa shape index (κ3) is 13.2. The second-order valence-corrected chi connectivity index (χ2v) is 23.8. The highest BCUT2D eigenvalue weighted by Gasteiger charge is 2.73. The lowest BCUT2D eigenvalue weighted by molar-refractivity contribution is -0.161. The molecule has 9 rings (SSSR count). The number of β-lactam (4-membered cyclic amide) rings is 1. The van der Waals surface area contributed by atoms with E-state index in [1.165, 1.54) is 31.3 Å². The van der Waals surface area contributed by atoms with E-state index < -0.39 is 86.0 Å². The second-order valence-electron chi connectivity index (χ2n) is 21.3. The van der Waals surface area contributed by atoms with Crippen molar-refractivity contribution in [2.75, 3.05) is 32.8 Å². The van der Waals surface area contributed by atoms with Crippen LogP contribution in [-0.4, -0.2) is 103 Å². The first-order valence-electron chi connectivity index (χ1n) is 27.2. The monoisotopic (exact) mass is 1150 g/mol. The highest BCUT2D eigenvalue weighted by Crippen LogP contribution is 2.50. The minimum atomic E-state index is -4.66. The first-order chi connectivity index (χ1) is 40.3. The van der Waals surface area contributed by atoms with Crippen molar-refractivity contribution in [1.29, 1.82) is 0 Å². The molecule has 4 N–H and O–H groups in total. The van der Waals surface area contributed by atoms with Crippen LogP contribution in [0.1, 0.15) is 79.0 Å². The van der Waals surface area contributed by atoms with E-state index >= 15 is 0 Å². The fourth-order valence-electron chi connectivity index (χ4n) is 10.0. The van der Waals surface area contributed by atoms with E-state index in [2.05, 4.69) is 26.3 Å². The lowest BCUT2D eigenvalue weighted by Gasteiger charge is -2.39. The maximum absolute atomic E-state index is 14.9. The van der Waals surface area contributed by atoms with Gasteiger partial charge in [0.25, 0.3) is 11.8 Å². The predicted molar refractivity (Wildman–Crippen MR) is 315 cm³/mol. The number of rotatable bonds is 20. The summed E-state index contributed by atoms with van der Waals surface area (Å²) in [4.78, 5) is 86.7. The van der Waals surface area contributed by atoms with Gasteiger partial charge in [0.2, 0.25) is 0 Å². The van der Waals surface area contributed by atoms with Crippen LogP contribution in [0.5, 0.6) is 0 Å². The normalized spacial score (nSPS) is 17.5. The third-order valence-corrected chi connectivity index (χ3v) is 17.4. The van der Waals surface area contributed by atoms with E-state index in [9.17, 15) is 37.2 Å². The van der Waals surface area contributed by atoms with E-state index in [4.69, 9.17) is 18.9 Å². The minimum absolute atomic E-state index is 0.00837. The fraction of sp³-hybridized carbons (Fsp3) is 0.246. The Morgan fingerprint density at radius 1 is 0.595 bits per heavy atom. The number of nitrogens with one attached hydrogen (secondary N) is 4. The molecule has 19 heteroatoms. The lowest BCUT2D eigenvalue weighted by Crippen LogP contribution is -2.60. The number of benzene rings is 6. The van der Waals surface area contributed by atoms with E-state index in [-0.39, 0.29) is 43.0 Å². The number of hydrogen-bond acceptors (Lipinski definition) is 13. The molecule has 2 aliphatic heterocycles. The first kappa shape index (κ1) is 59.0. The number of sulfone groups is 1. The summed E-state index contributed by atoms with van der Waals surface area (Å²) in [6.45, 7) is 7.11. The Balaban J connectivity index is 0.838. The molecule has 2 fully saturated rings. The van der Waals surface area contributed by atoms with E-state index in [1.807, 2.05) is 109 Å². The number of nitrogens with zero attached hydrogens (tertiary/aromatic N) is 2. The number of aromatic nitrogens is 1. The van der Waals surface area contributed by atoms with Crippen LogP contribution in [0.4, 0.5) is 14.4 Å². The highest BCUT2D eigenvalue weighted by molar-refractivity contribution is 7.94. The molecular weight excluding hydrogens is 1090 g/mol. The average Bonchev–Trinajstić information content (AvgIpc) is 1.52. The Morgan fingerprint density at radius 2 is 1.02 bits per heavy atom. The standard InChI is InChI=1S/C65H64N6O12S/c1-63(2,50-30-26-45(27-31-50)43-18-10-6-11-19-43)82-61(76)69-37-36-67-56(72)49-34-35-66-52(40-49)41-53-57(73)71-55(59(74)81-54(47-22-14-8-15-23-47)48-24-16-9-17-25-48)65(5,84(78,79)58(53)71)42-80-60(75)68-38-39-70-62(77)83-64(3,4)51-32-28-46(29-33-51)44-20-12-7-13-21-44/h6-35,40-41,54-55,58H,36-39,42H2,1-5H3,(H,67,72)(H,68,75)(H,69,76)(H,70,77)/b53-41-/t55-,58?,65?/m0/s1. The van der Waals surface area contributed by atoms with Crippen molar-refractivity contribution in [3.05, 3.63) is 227 Å². The van der Waals surface area contributed by atoms with E-state index in [1.54, 1.807) is 88.4 Å². The zero-order valence-electron chi connectivity index (χ0n) is 46.9. The molecule has 3 atom stereocenters. The topological polar surface area (TPSA) is 238 Å². The summed E-state index contributed by atoms with van der Waals surface area (Å²) in [6.07, 6.45) is -1.02. The number of carbonyl (C=O) groups is 6. The smallest absolute Gasteiger partial charge is 0.408 e. The zero-order valence-corrected chi connectivity index (χ0v) is 47.8. The summed E-state index contributed by atoms with van der Waals surface area (Å²) in [6, 6.07) is 53.6. The SMILES string of the molecule is CC(C)(OC(=O)NCCNC(=O)OCC1(C)[C@H](C(=O)OC(c2ccccc2)c2ccccc2)N2C(=O)/C(=C/c3cc(C(=O)NCCNC(=O)OC(C)(C)c4ccc(-c5ccccc5)cc4)ccn3)C2S1(=O)=O)c1ccc(-c2ccccc2)cc1. The molecule has 0 aliphatic carbocycles. The van der Waals surface area contributed by atoms with E-state index in [0.29, 0.717) is 11.1 Å². The summed E-state index contributed by atoms with van der Waals surface area (Å²) in [5, 5.41) is 8.73. The molecule has 0 radical (unpaired) electrons. The molecule has 0 saturated carbocycles. The van der Waals surface area contributed by atoms with Crippen LogP contribution in [0.2, 0.25) is 0 Å². The molecule has 0 spiro atoms. The van der Waals surface area contributed by atoms with Gasteiger partial charge in [0.1, 0.15) is 22.6 Å². The summed E-state index contributed by atoms with van der Waals surface area (Å²) in [5.74, 6) is -2.46. The Morgan fingerprint density at radius 3 is 1.50 bits per heavy atom. The van der Waals surface area contributed by atoms with Gasteiger partial charge in [-0.05, 0) is 97.3 Å². The number of carbonyl (C=O) groups excluding carboxylic acids is 6. The van der Waals surface area contributed by atoms with Crippen LogP contribution in [-0.2, 0) is 49.6 Å². The number of esters is 1. The Labute approximate surface area is 487 Å². The molecule has 0 bridgehead atoms. The maximum Gasteiger partial charge on any atom is 0.408 e. The molecule has 6 aromatic carbocycles. The zero-order chi connectivity index (χ0) is 59.7. The van der Waals surface area contributed by atoms with Gasteiger partial charge >= 0.3 is 24.2 Å². The van der Waals surface area contributed by atoms with Crippen LogP contribution < -0.4 is 21.3 Å². The molecule has 3 heterocycles. The Bertz CT molecular complexity index is 3620. The number of amides is 5. The minimum Gasteiger partial charge on any atom is -0.451 e. The van der Waals surface area contributed by atoms with Crippen molar-refractivity contribution in [1.82, 2.24) is 31.2 Å². The van der Waals surface area contributed by atoms with Gasteiger partial charge in [-0.1, -0.05) is 170 Å². The summed E-state index contributed by atoms with van der Waals surface area (Å²) < 4.78 is 50.8. The van der Waals surface area contributed by atoms with Gasteiger partial charge < -0.3 is 45.1 Å². The van der Waals surface area contributed by atoms with Gasteiger partial charge in [0.05, 0.1) is 11.3 Å². The van der Waals surface area contributed by atoms with Gasteiger partial charge in [-0.15, -0.1) is 0 Å². The van der Waals surface area contributed by atoms with Gasteiger partial charge in [-0.2, -0.15) is 0 Å². The Kier molecular flexibility index (Phi) is 17.7. The van der Waals surface area contributed by atoms with Crippen LogP contribution in [0.25, 0.3) is 28.3 Å². The molecule has 5 amide bonds. The van der Waals surface area contributed by atoms with Crippen molar-refractivity contribution in [3.63, 3.8) is 0 Å².